The first-order valence-electron chi connectivity index (χ1n) is 5.71. The molecule has 1 atom stereocenters. The maximum absolute atomic E-state index is 9.77. The van der Waals surface area contributed by atoms with Crippen molar-refractivity contribution >= 4 is 11.6 Å². The first-order valence-corrected chi connectivity index (χ1v) is 6.09. The molecule has 0 saturated heterocycles. The van der Waals surface area contributed by atoms with Gasteiger partial charge in [-0.15, -0.1) is 0 Å². The van der Waals surface area contributed by atoms with Crippen LogP contribution in [-0.2, 0) is 6.54 Å². The third kappa shape index (κ3) is 3.44. The Morgan fingerprint density at radius 2 is 2.05 bits per heavy atom. The quantitative estimate of drug-likeness (QED) is 0.899. The Morgan fingerprint density at radius 1 is 1.32 bits per heavy atom. The van der Waals surface area contributed by atoms with Crippen molar-refractivity contribution in [1.82, 2.24) is 10.3 Å². The Morgan fingerprint density at radius 3 is 2.74 bits per heavy atom. The first kappa shape index (κ1) is 13.3. The molecule has 19 heavy (non-hydrogen) atoms. The van der Waals surface area contributed by atoms with Crippen molar-refractivity contribution in [1.29, 1.82) is 5.26 Å². The number of halogens is 1. The van der Waals surface area contributed by atoms with E-state index in [-0.39, 0.29) is 5.75 Å². The van der Waals surface area contributed by atoms with Gasteiger partial charge in [-0.25, -0.2) is 0 Å². The summed E-state index contributed by atoms with van der Waals surface area (Å²) in [7, 11) is 0. The van der Waals surface area contributed by atoms with Crippen LogP contribution in [-0.4, -0.2) is 10.1 Å². The highest BCUT2D eigenvalue weighted by molar-refractivity contribution is 6.30. The number of phenolic OH excluding ortho intramolecular Hbond substituents is 1. The lowest BCUT2D eigenvalue weighted by Gasteiger charge is -2.13. The molecule has 0 aliphatic rings. The van der Waals surface area contributed by atoms with Crippen molar-refractivity contribution < 1.29 is 5.11 Å². The number of nitrogens with one attached hydrogen (secondary N) is 1. The summed E-state index contributed by atoms with van der Waals surface area (Å²) in [5.74, 6) is 0.0539. The summed E-state index contributed by atoms with van der Waals surface area (Å²) in [5.41, 5.74) is 1.49. The highest BCUT2D eigenvalue weighted by Crippen LogP contribution is 2.27. The minimum atomic E-state index is -0.619. The normalized spacial score (nSPS) is 11.8. The van der Waals surface area contributed by atoms with Crippen molar-refractivity contribution in [2.24, 2.45) is 0 Å². The number of pyridine rings is 1. The van der Waals surface area contributed by atoms with E-state index in [4.69, 9.17) is 11.6 Å². The van der Waals surface area contributed by atoms with Gasteiger partial charge in [0.25, 0.3) is 0 Å². The maximum Gasteiger partial charge on any atom is 0.125 e. The Hall–Kier alpha value is -2.09. The summed E-state index contributed by atoms with van der Waals surface area (Å²) in [6.45, 7) is 0.507. The van der Waals surface area contributed by atoms with E-state index in [1.54, 1.807) is 24.5 Å². The minimum Gasteiger partial charge on any atom is -0.508 e. The molecule has 2 aromatic rings. The lowest BCUT2D eigenvalue weighted by Crippen LogP contribution is -2.19. The molecule has 1 aromatic heterocycles. The summed E-state index contributed by atoms with van der Waals surface area (Å²) >= 11 is 5.88. The van der Waals surface area contributed by atoms with Gasteiger partial charge in [0.1, 0.15) is 11.8 Å². The van der Waals surface area contributed by atoms with Crippen LogP contribution < -0.4 is 5.32 Å². The number of nitrogens with zero attached hydrogens (tertiary/aromatic N) is 2. The third-order valence-electron chi connectivity index (χ3n) is 2.69. The van der Waals surface area contributed by atoms with Gasteiger partial charge in [0.2, 0.25) is 0 Å². The molecule has 1 heterocycles. The van der Waals surface area contributed by atoms with Crippen LogP contribution in [0.25, 0.3) is 0 Å². The monoisotopic (exact) mass is 273 g/mol. The van der Waals surface area contributed by atoms with Crippen LogP contribution in [0, 0.1) is 11.3 Å². The molecule has 0 amide bonds. The zero-order valence-corrected chi connectivity index (χ0v) is 10.8. The maximum atomic E-state index is 9.77. The fraction of sp³-hybridized carbons (Fsp3) is 0.143. The van der Waals surface area contributed by atoms with Gasteiger partial charge in [-0.2, -0.15) is 5.26 Å². The molecule has 0 fully saturated rings. The van der Waals surface area contributed by atoms with Crippen LogP contribution in [0.4, 0.5) is 0 Å². The topological polar surface area (TPSA) is 68.9 Å². The van der Waals surface area contributed by atoms with Gasteiger partial charge in [-0.3, -0.25) is 10.3 Å². The van der Waals surface area contributed by atoms with E-state index in [9.17, 15) is 10.4 Å². The second kappa shape index (κ2) is 6.19. The van der Waals surface area contributed by atoms with Gasteiger partial charge in [0.05, 0.1) is 6.07 Å². The smallest absolute Gasteiger partial charge is 0.125 e. The largest absolute Gasteiger partial charge is 0.508 e. The van der Waals surface area contributed by atoms with Crippen molar-refractivity contribution in [3.8, 4) is 11.8 Å². The Balaban J connectivity index is 2.13. The molecular weight excluding hydrogens is 262 g/mol. The standard InChI is InChI=1S/C14H12ClN3O/c15-11-1-2-14(19)12(7-11)13(8-16)18-9-10-3-5-17-6-4-10/h1-7,13,18-19H,9H2. The molecule has 1 aromatic carbocycles. The average molecular weight is 274 g/mol. The van der Waals surface area contributed by atoms with Gasteiger partial charge < -0.3 is 5.11 Å². The molecule has 0 aliphatic carbocycles. The predicted molar refractivity (Wildman–Crippen MR) is 72.5 cm³/mol. The lowest BCUT2D eigenvalue weighted by atomic mass is 10.1. The molecule has 0 aliphatic heterocycles. The predicted octanol–water partition coefficient (Wildman–Crippen LogP) is 2.80. The zero-order chi connectivity index (χ0) is 13.7. The average Bonchev–Trinajstić information content (AvgIpc) is 2.44. The second-order valence-electron chi connectivity index (χ2n) is 4.00. The van der Waals surface area contributed by atoms with E-state index < -0.39 is 6.04 Å². The minimum absolute atomic E-state index is 0.0539. The number of hydrogen-bond acceptors (Lipinski definition) is 4. The van der Waals surface area contributed by atoms with Gasteiger partial charge in [-0.1, -0.05) is 11.6 Å². The summed E-state index contributed by atoms with van der Waals surface area (Å²) in [6, 6.07) is 9.86. The number of aromatic nitrogens is 1. The number of phenols is 1. The number of aromatic hydroxyl groups is 1. The fourth-order valence-corrected chi connectivity index (χ4v) is 1.88. The van der Waals surface area contributed by atoms with E-state index in [2.05, 4.69) is 16.4 Å². The highest BCUT2D eigenvalue weighted by Gasteiger charge is 2.14. The first-order chi connectivity index (χ1) is 9.20. The summed E-state index contributed by atoms with van der Waals surface area (Å²) in [4.78, 5) is 3.93. The van der Waals surface area contributed by atoms with Gasteiger partial charge >= 0.3 is 0 Å². The lowest BCUT2D eigenvalue weighted by molar-refractivity contribution is 0.459. The summed E-state index contributed by atoms with van der Waals surface area (Å²) < 4.78 is 0. The van der Waals surface area contributed by atoms with Crippen LogP contribution in [0.3, 0.4) is 0 Å². The van der Waals surface area contributed by atoms with Crippen LogP contribution in [0.1, 0.15) is 17.2 Å². The molecule has 1 unspecified atom stereocenters. The van der Waals surface area contributed by atoms with Gasteiger partial charge in [0, 0.05) is 29.5 Å². The van der Waals surface area contributed by atoms with E-state index >= 15 is 0 Å². The Kier molecular flexibility index (Phi) is 4.35. The fourth-order valence-electron chi connectivity index (χ4n) is 1.70. The number of rotatable bonds is 4. The molecular formula is C14H12ClN3O. The molecule has 5 heteroatoms. The van der Waals surface area contributed by atoms with Crippen LogP contribution in [0.15, 0.2) is 42.7 Å². The van der Waals surface area contributed by atoms with Crippen molar-refractivity contribution in [2.45, 2.75) is 12.6 Å². The van der Waals surface area contributed by atoms with E-state index in [1.807, 2.05) is 12.1 Å². The van der Waals surface area contributed by atoms with E-state index in [1.165, 1.54) is 6.07 Å². The molecule has 0 radical (unpaired) electrons. The van der Waals surface area contributed by atoms with Crippen LogP contribution in [0.5, 0.6) is 5.75 Å². The molecule has 0 saturated carbocycles. The van der Waals surface area contributed by atoms with Crippen molar-refractivity contribution in [3.63, 3.8) is 0 Å². The molecule has 4 nitrogen and oxygen atoms in total. The van der Waals surface area contributed by atoms with Crippen molar-refractivity contribution in [3.05, 3.63) is 58.9 Å². The SMILES string of the molecule is N#CC(NCc1ccncc1)c1cc(Cl)ccc1O. The molecule has 96 valence electrons. The number of nitriles is 1. The number of benzene rings is 1. The molecule has 2 rings (SSSR count). The second-order valence-corrected chi connectivity index (χ2v) is 4.44. The molecule has 0 spiro atoms. The Labute approximate surface area is 116 Å². The molecule has 2 N–H and O–H groups in total. The summed E-state index contributed by atoms with van der Waals surface area (Å²) in [6.07, 6.45) is 3.38. The Bertz CT molecular complexity index is 595. The van der Waals surface area contributed by atoms with E-state index in [0.29, 0.717) is 17.1 Å². The molecule has 0 bridgehead atoms. The van der Waals surface area contributed by atoms with Gasteiger partial charge in [-0.05, 0) is 35.9 Å². The third-order valence-corrected chi connectivity index (χ3v) is 2.92. The number of hydrogen-bond donors (Lipinski definition) is 2. The zero-order valence-electron chi connectivity index (χ0n) is 10.0. The van der Waals surface area contributed by atoms with Gasteiger partial charge in [0.15, 0.2) is 0 Å². The van der Waals surface area contributed by atoms with Crippen LogP contribution in [0.2, 0.25) is 5.02 Å². The van der Waals surface area contributed by atoms with E-state index in [0.717, 1.165) is 5.56 Å². The summed E-state index contributed by atoms with van der Waals surface area (Å²) in [5, 5.41) is 22.5. The van der Waals surface area contributed by atoms with Crippen LogP contribution >= 0.6 is 11.6 Å². The van der Waals surface area contributed by atoms with Crippen molar-refractivity contribution in [2.75, 3.05) is 0 Å². The highest BCUT2D eigenvalue weighted by atomic mass is 35.5.